The average molecular weight is 235 g/mol. The van der Waals surface area contributed by atoms with Crippen LogP contribution in [-0.2, 0) is 0 Å². The van der Waals surface area contributed by atoms with Crippen LogP contribution in [0.3, 0.4) is 0 Å². The van der Waals surface area contributed by atoms with Crippen molar-refractivity contribution in [2.45, 2.75) is 0 Å². The summed E-state index contributed by atoms with van der Waals surface area (Å²) in [5.41, 5.74) is 8.28. The van der Waals surface area contributed by atoms with Crippen molar-refractivity contribution in [1.82, 2.24) is 4.98 Å². The van der Waals surface area contributed by atoms with Gasteiger partial charge >= 0.3 is 0 Å². The van der Waals surface area contributed by atoms with Gasteiger partial charge in [-0.1, -0.05) is 12.2 Å². The maximum absolute atomic E-state index is 5.61. The van der Waals surface area contributed by atoms with Crippen molar-refractivity contribution in [3.8, 4) is 0 Å². The Balaban J connectivity index is 2.32. The predicted octanol–water partition coefficient (Wildman–Crippen LogP) is 2.52. The van der Waals surface area contributed by atoms with Gasteiger partial charge in [0.05, 0.1) is 11.9 Å². The van der Waals surface area contributed by atoms with Crippen molar-refractivity contribution < 1.29 is 0 Å². The lowest BCUT2D eigenvalue weighted by Gasteiger charge is -2.08. The van der Waals surface area contributed by atoms with Gasteiger partial charge in [0.2, 0.25) is 0 Å². The first-order valence-electron chi connectivity index (χ1n) is 4.30. The van der Waals surface area contributed by atoms with E-state index in [1.165, 1.54) is 0 Å². The van der Waals surface area contributed by atoms with Crippen molar-refractivity contribution in [3.63, 3.8) is 0 Å². The molecule has 0 unspecified atom stereocenters. The molecule has 0 bridgehead atoms. The van der Waals surface area contributed by atoms with Crippen LogP contribution in [-0.4, -0.2) is 9.97 Å². The zero-order valence-electron chi connectivity index (χ0n) is 7.81. The molecule has 0 atom stereocenters. The molecule has 0 aliphatic carbocycles. The van der Waals surface area contributed by atoms with Crippen LogP contribution in [0.1, 0.15) is 5.56 Å². The topological polar surface area (TPSA) is 50.9 Å². The van der Waals surface area contributed by atoms with Gasteiger partial charge in [0.15, 0.2) is 0 Å². The highest BCUT2D eigenvalue weighted by molar-refractivity contribution is 7.80. The number of pyridine rings is 1. The minimum Gasteiger partial charge on any atom is -0.389 e. The van der Waals surface area contributed by atoms with E-state index in [2.05, 4.69) is 10.3 Å². The molecular weight excluding hydrogens is 226 g/mol. The van der Waals surface area contributed by atoms with Gasteiger partial charge in [-0.15, -0.1) is 0 Å². The lowest BCUT2D eigenvalue weighted by atomic mass is 10.2. The van der Waals surface area contributed by atoms with Gasteiger partial charge in [-0.3, -0.25) is 4.98 Å². The van der Waals surface area contributed by atoms with Crippen LogP contribution in [0.15, 0.2) is 35.3 Å². The maximum Gasteiger partial charge on any atom is 0.106 e. The Morgan fingerprint density at radius 3 is 3.00 bits per heavy atom. The van der Waals surface area contributed by atoms with Crippen molar-refractivity contribution in [2.24, 2.45) is 5.73 Å². The second-order valence-electron chi connectivity index (χ2n) is 2.92. The Bertz CT molecular complexity index is 465. The van der Waals surface area contributed by atoms with Gasteiger partial charge in [-0.25, -0.2) is 0 Å². The fraction of sp³-hybridized carbons (Fsp3) is 0. The highest BCUT2D eigenvalue weighted by atomic mass is 32.1. The highest BCUT2D eigenvalue weighted by Crippen LogP contribution is 2.21. The van der Waals surface area contributed by atoms with E-state index in [0.29, 0.717) is 4.99 Å². The molecule has 15 heavy (non-hydrogen) atoms. The van der Waals surface area contributed by atoms with E-state index in [4.69, 9.17) is 18.0 Å². The molecule has 0 saturated carbocycles. The molecule has 0 aromatic carbocycles. The standard InChI is InChI=1S/C10H9N3S2/c11-10(14)8-1-3-12-5-9(8)13-7-2-4-15-6-7/h1-6,13H,(H2,11,14). The van der Waals surface area contributed by atoms with E-state index in [9.17, 15) is 0 Å². The van der Waals surface area contributed by atoms with E-state index in [0.717, 1.165) is 16.9 Å². The average Bonchev–Trinajstić information content (AvgIpc) is 2.71. The third-order valence-corrected chi connectivity index (χ3v) is 2.79. The zero-order chi connectivity index (χ0) is 10.7. The Kier molecular flexibility index (Phi) is 2.94. The van der Waals surface area contributed by atoms with Crippen LogP contribution in [0.2, 0.25) is 0 Å². The fourth-order valence-corrected chi connectivity index (χ4v) is 1.97. The van der Waals surface area contributed by atoms with Crippen molar-refractivity contribution in [3.05, 3.63) is 40.8 Å². The van der Waals surface area contributed by atoms with Crippen LogP contribution >= 0.6 is 23.6 Å². The quantitative estimate of drug-likeness (QED) is 0.803. The molecule has 0 saturated heterocycles. The van der Waals surface area contributed by atoms with Gasteiger partial charge in [-0.2, -0.15) is 11.3 Å². The number of thiocarbonyl (C=S) groups is 1. The summed E-state index contributed by atoms with van der Waals surface area (Å²) in [6.45, 7) is 0. The smallest absolute Gasteiger partial charge is 0.106 e. The zero-order valence-corrected chi connectivity index (χ0v) is 9.44. The van der Waals surface area contributed by atoms with E-state index < -0.39 is 0 Å². The van der Waals surface area contributed by atoms with Crippen LogP contribution in [0.25, 0.3) is 0 Å². The third kappa shape index (κ3) is 2.31. The molecule has 0 aliphatic rings. The lowest BCUT2D eigenvalue weighted by Crippen LogP contribution is -2.11. The monoisotopic (exact) mass is 235 g/mol. The predicted molar refractivity (Wildman–Crippen MR) is 67.7 cm³/mol. The molecular formula is C10H9N3S2. The van der Waals surface area contributed by atoms with Crippen LogP contribution in [0.5, 0.6) is 0 Å². The molecule has 0 radical (unpaired) electrons. The molecule has 2 aromatic heterocycles. The minimum atomic E-state index is 0.370. The largest absolute Gasteiger partial charge is 0.389 e. The molecule has 3 N–H and O–H groups in total. The maximum atomic E-state index is 5.61. The van der Waals surface area contributed by atoms with Crippen LogP contribution < -0.4 is 11.1 Å². The molecule has 2 heterocycles. The molecule has 76 valence electrons. The Morgan fingerprint density at radius 2 is 2.33 bits per heavy atom. The van der Waals surface area contributed by atoms with E-state index >= 15 is 0 Å². The van der Waals surface area contributed by atoms with Gasteiger partial charge in [-0.05, 0) is 17.5 Å². The summed E-state index contributed by atoms with van der Waals surface area (Å²) in [6.07, 6.45) is 3.39. The number of nitrogens with two attached hydrogens (primary N) is 1. The Morgan fingerprint density at radius 1 is 1.47 bits per heavy atom. The normalized spacial score (nSPS) is 9.87. The number of nitrogens with zero attached hydrogens (tertiary/aromatic N) is 1. The fourth-order valence-electron chi connectivity index (χ4n) is 1.20. The SMILES string of the molecule is NC(=S)c1ccncc1Nc1ccsc1. The van der Waals surface area contributed by atoms with Gasteiger partial charge in [0.1, 0.15) is 4.99 Å². The number of thiophene rings is 1. The first-order valence-corrected chi connectivity index (χ1v) is 5.65. The Labute approximate surface area is 97.0 Å². The molecule has 0 aliphatic heterocycles. The molecule has 2 rings (SSSR count). The van der Waals surface area contributed by atoms with Crippen molar-refractivity contribution >= 4 is 39.9 Å². The molecule has 3 nitrogen and oxygen atoms in total. The lowest BCUT2D eigenvalue weighted by molar-refractivity contribution is 1.31. The minimum absolute atomic E-state index is 0.370. The molecule has 0 fully saturated rings. The van der Waals surface area contributed by atoms with Gasteiger partial charge in [0.25, 0.3) is 0 Å². The summed E-state index contributed by atoms with van der Waals surface area (Å²) >= 11 is 6.58. The summed E-state index contributed by atoms with van der Waals surface area (Å²) in [7, 11) is 0. The van der Waals surface area contributed by atoms with Crippen molar-refractivity contribution in [1.29, 1.82) is 0 Å². The summed E-state index contributed by atoms with van der Waals surface area (Å²) < 4.78 is 0. The van der Waals surface area contributed by atoms with E-state index in [-0.39, 0.29) is 0 Å². The molecule has 2 aromatic rings. The molecule has 0 spiro atoms. The second-order valence-corrected chi connectivity index (χ2v) is 4.14. The van der Waals surface area contributed by atoms with Gasteiger partial charge in [0, 0.05) is 22.8 Å². The molecule has 5 heteroatoms. The summed E-state index contributed by atoms with van der Waals surface area (Å²) in [4.78, 5) is 4.40. The summed E-state index contributed by atoms with van der Waals surface area (Å²) in [5.74, 6) is 0. The number of nitrogens with one attached hydrogen (secondary N) is 1. The Hall–Kier alpha value is -1.46. The first kappa shape index (κ1) is 10.1. The van der Waals surface area contributed by atoms with Crippen LogP contribution in [0, 0.1) is 0 Å². The number of aromatic nitrogens is 1. The number of rotatable bonds is 3. The summed E-state index contributed by atoms with van der Waals surface area (Å²) in [6, 6.07) is 3.79. The number of hydrogen-bond donors (Lipinski definition) is 2. The molecule has 0 amide bonds. The second kappa shape index (κ2) is 4.37. The van der Waals surface area contributed by atoms with E-state index in [1.54, 1.807) is 29.8 Å². The van der Waals surface area contributed by atoms with Crippen molar-refractivity contribution in [2.75, 3.05) is 5.32 Å². The summed E-state index contributed by atoms with van der Waals surface area (Å²) in [5, 5.41) is 7.22. The number of hydrogen-bond acceptors (Lipinski definition) is 4. The van der Waals surface area contributed by atoms with E-state index in [1.807, 2.05) is 16.8 Å². The van der Waals surface area contributed by atoms with Crippen LogP contribution in [0.4, 0.5) is 11.4 Å². The van der Waals surface area contributed by atoms with Gasteiger partial charge < -0.3 is 11.1 Å². The first-order chi connectivity index (χ1) is 7.27. The number of anilines is 2. The highest BCUT2D eigenvalue weighted by Gasteiger charge is 2.04. The third-order valence-electron chi connectivity index (χ3n) is 1.89.